The molecule has 0 aliphatic rings. The maximum atomic E-state index is 13.7. The molecule has 1 aromatic carbocycles. The number of imidazole rings is 1. The lowest BCUT2D eigenvalue weighted by Crippen LogP contribution is -2.11. The van der Waals surface area contributed by atoms with Gasteiger partial charge in [-0.3, -0.25) is 0 Å². The average molecular weight is 382 g/mol. The van der Waals surface area contributed by atoms with E-state index in [1.807, 2.05) is 0 Å². The van der Waals surface area contributed by atoms with Crippen molar-refractivity contribution in [2.45, 2.75) is 31.2 Å². The molecule has 0 radical (unpaired) electrons. The molecule has 26 heavy (non-hydrogen) atoms. The zero-order valence-corrected chi connectivity index (χ0v) is 14.8. The molecule has 3 rings (SSSR count). The predicted molar refractivity (Wildman–Crippen MR) is 88.9 cm³/mol. The third-order valence-electron chi connectivity index (χ3n) is 3.68. The summed E-state index contributed by atoms with van der Waals surface area (Å²) in [6.07, 6.45) is 1.24. The first-order valence-electron chi connectivity index (χ1n) is 7.55. The van der Waals surface area contributed by atoms with Gasteiger partial charge in [0, 0.05) is 24.8 Å². The maximum absolute atomic E-state index is 13.7. The summed E-state index contributed by atoms with van der Waals surface area (Å²) in [5.41, 5.74) is 0.615. The molecule has 0 saturated heterocycles. The minimum absolute atomic E-state index is 0.0764. The molecular weight excluding hydrogens is 366 g/mol. The summed E-state index contributed by atoms with van der Waals surface area (Å²) < 4.78 is 56.7. The van der Waals surface area contributed by atoms with Crippen LogP contribution in [0.2, 0.25) is 0 Å². The van der Waals surface area contributed by atoms with Crippen molar-refractivity contribution in [2.75, 3.05) is 0 Å². The second-order valence-corrected chi connectivity index (χ2v) is 7.53. The zero-order valence-electron chi connectivity index (χ0n) is 14.0. The summed E-state index contributed by atoms with van der Waals surface area (Å²) in [6, 6.07) is 7.22. The van der Waals surface area contributed by atoms with Gasteiger partial charge in [-0.1, -0.05) is 5.16 Å². The smallest absolute Gasteiger partial charge is 0.288 e. The summed E-state index contributed by atoms with van der Waals surface area (Å²) in [7, 11) is -3.85. The Balaban J connectivity index is 2.05. The number of alkyl halides is 2. The summed E-state index contributed by atoms with van der Waals surface area (Å²) in [4.78, 5) is 3.94. The Morgan fingerprint density at radius 1 is 1.27 bits per heavy atom. The number of hydrogen-bond donors (Lipinski definition) is 1. The molecule has 0 aliphatic carbocycles. The highest BCUT2D eigenvalue weighted by Crippen LogP contribution is 2.30. The molecule has 2 aromatic heterocycles. The molecule has 0 bridgehead atoms. The molecule has 3 aromatic rings. The van der Waals surface area contributed by atoms with Gasteiger partial charge in [0.1, 0.15) is 23.0 Å². The van der Waals surface area contributed by atoms with Crippen molar-refractivity contribution in [3.05, 3.63) is 53.7 Å². The van der Waals surface area contributed by atoms with Gasteiger partial charge < -0.3 is 9.09 Å². The van der Waals surface area contributed by atoms with Gasteiger partial charge in [-0.25, -0.2) is 18.5 Å². The van der Waals surface area contributed by atoms with Crippen LogP contribution in [0.4, 0.5) is 8.78 Å². The molecule has 10 heteroatoms. The van der Waals surface area contributed by atoms with Crippen LogP contribution >= 0.6 is 0 Å². The van der Waals surface area contributed by atoms with E-state index in [9.17, 15) is 17.2 Å². The van der Waals surface area contributed by atoms with E-state index in [-0.39, 0.29) is 17.3 Å². The molecule has 0 unspecified atom stereocenters. The summed E-state index contributed by atoms with van der Waals surface area (Å²) in [5, 5.41) is 8.93. The second-order valence-electron chi connectivity index (χ2n) is 5.96. The largest absolute Gasteiger partial charge is 0.361 e. The first-order valence-corrected chi connectivity index (χ1v) is 9.09. The number of halogens is 2. The standard InChI is InChI=1S/C16H16F2N4O3S/c1-10-7-12(21-25-10)8-22-9-14(16(2,17)18)20-15(22)11-3-5-13(6-4-11)26(19,23)24/h3-7,9H,8H2,1-2H3,(H2,19,23,24). The fourth-order valence-corrected chi connectivity index (χ4v) is 2.95. The van der Waals surface area contributed by atoms with Crippen molar-refractivity contribution < 1.29 is 21.7 Å². The van der Waals surface area contributed by atoms with E-state index in [4.69, 9.17) is 9.66 Å². The topological polar surface area (TPSA) is 104 Å². The summed E-state index contributed by atoms with van der Waals surface area (Å²) in [5.74, 6) is -2.27. The maximum Gasteiger partial charge on any atom is 0.288 e. The number of nitrogens with two attached hydrogens (primary N) is 1. The Bertz CT molecular complexity index is 1030. The SMILES string of the molecule is Cc1cc(Cn2cc(C(C)(F)F)nc2-c2ccc(S(N)(=O)=O)cc2)no1. The quantitative estimate of drug-likeness (QED) is 0.730. The highest BCUT2D eigenvalue weighted by Gasteiger charge is 2.29. The van der Waals surface area contributed by atoms with E-state index in [1.54, 1.807) is 13.0 Å². The van der Waals surface area contributed by atoms with Crippen LogP contribution in [0.1, 0.15) is 24.1 Å². The summed E-state index contributed by atoms with van der Waals surface area (Å²) >= 11 is 0. The van der Waals surface area contributed by atoms with Gasteiger partial charge in [0.05, 0.1) is 11.4 Å². The van der Waals surface area contributed by atoms with Gasteiger partial charge in [-0.2, -0.15) is 8.78 Å². The summed E-state index contributed by atoms with van der Waals surface area (Å²) in [6.45, 7) is 2.66. The Labute approximate surface area is 148 Å². The zero-order chi connectivity index (χ0) is 19.1. The second kappa shape index (κ2) is 6.29. The van der Waals surface area contributed by atoms with Crippen molar-refractivity contribution in [3.63, 3.8) is 0 Å². The molecule has 0 amide bonds. The molecule has 138 valence electrons. The fraction of sp³-hybridized carbons (Fsp3) is 0.250. The fourth-order valence-electron chi connectivity index (χ4n) is 2.44. The van der Waals surface area contributed by atoms with Gasteiger partial charge in [-0.15, -0.1) is 0 Å². The van der Waals surface area contributed by atoms with Crippen molar-refractivity contribution in [3.8, 4) is 11.4 Å². The van der Waals surface area contributed by atoms with Crippen molar-refractivity contribution in [2.24, 2.45) is 5.14 Å². The van der Waals surface area contributed by atoms with Crippen LogP contribution in [-0.2, 0) is 22.5 Å². The number of sulfonamides is 1. The van der Waals surface area contributed by atoms with E-state index >= 15 is 0 Å². The third-order valence-corrected chi connectivity index (χ3v) is 4.61. The van der Waals surface area contributed by atoms with E-state index in [0.717, 1.165) is 6.92 Å². The van der Waals surface area contributed by atoms with Gasteiger partial charge >= 0.3 is 0 Å². The van der Waals surface area contributed by atoms with Crippen LogP contribution in [0.15, 0.2) is 45.9 Å². The number of aromatic nitrogens is 3. The van der Waals surface area contributed by atoms with Crippen LogP contribution in [-0.4, -0.2) is 23.1 Å². The van der Waals surface area contributed by atoms with Gasteiger partial charge in [-0.05, 0) is 31.2 Å². The number of rotatable bonds is 5. The predicted octanol–water partition coefficient (Wildman–Crippen LogP) is 2.65. The average Bonchev–Trinajstić information content (AvgIpc) is 3.13. The molecular formula is C16H16F2N4O3S. The third kappa shape index (κ3) is 3.81. The van der Waals surface area contributed by atoms with E-state index < -0.39 is 21.6 Å². The van der Waals surface area contributed by atoms with E-state index in [1.165, 1.54) is 35.0 Å². The van der Waals surface area contributed by atoms with Crippen LogP contribution in [0.25, 0.3) is 11.4 Å². The first-order chi connectivity index (χ1) is 12.0. The van der Waals surface area contributed by atoms with Crippen molar-refractivity contribution in [1.82, 2.24) is 14.7 Å². The molecule has 2 heterocycles. The van der Waals surface area contributed by atoms with Gasteiger partial charge in [0.25, 0.3) is 5.92 Å². The molecule has 0 saturated carbocycles. The lowest BCUT2D eigenvalue weighted by atomic mass is 10.2. The minimum atomic E-state index is -3.85. The highest BCUT2D eigenvalue weighted by molar-refractivity contribution is 7.89. The lowest BCUT2D eigenvalue weighted by Gasteiger charge is -2.06. The highest BCUT2D eigenvalue weighted by atomic mass is 32.2. The molecule has 0 spiro atoms. The van der Waals surface area contributed by atoms with Gasteiger partial charge in [0.15, 0.2) is 0 Å². The van der Waals surface area contributed by atoms with Crippen LogP contribution in [0.3, 0.4) is 0 Å². The molecule has 0 atom stereocenters. The van der Waals surface area contributed by atoms with E-state index in [0.29, 0.717) is 17.0 Å². The number of benzene rings is 1. The van der Waals surface area contributed by atoms with Crippen LogP contribution < -0.4 is 5.14 Å². The Morgan fingerprint density at radius 2 is 1.92 bits per heavy atom. The van der Waals surface area contributed by atoms with Crippen molar-refractivity contribution in [1.29, 1.82) is 0 Å². The molecule has 7 nitrogen and oxygen atoms in total. The molecule has 2 N–H and O–H groups in total. The lowest BCUT2D eigenvalue weighted by molar-refractivity contribution is 0.0131. The molecule has 0 aliphatic heterocycles. The molecule has 0 fully saturated rings. The number of primary sulfonamides is 1. The number of aryl methyl sites for hydroxylation is 1. The van der Waals surface area contributed by atoms with Crippen LogP contribution in [0, 0.1) is 6.92 Å². The van der Waals surface area contributed by atoms with Gasteiger partial charge in [0.2, 0.25) is 10.0 Å². The van der Waals surface area contributed by atoms with Crippen molar-refractivity contribution >= 4 is 10.0 Å². The Kier molecular flexibility index (Phi) is 4.41. The van der Waals surface area contributed by atoms with E-state index in [2.05, 4.69) is 10.1 Å². The monoisotopic (exact) mass is 382 g/mol. The number of hydrogen-bond acceptors (Lipinski definition) is 5. The normalized spacial score (nSPS) is 12.5. The Morgan fingerprint density at radius 3 is 2.42 bits per heavy atom. The number of nitrogens with zero attached hydrogens (tertiary/aromatic N) is 3. The van der Waals surface area contributed by atoms with Crippen LogP contribution in [0.5, 0.6) is 0 Å². The Hall–Kier alpha value is -2.59. The first kappa shape index (κ1) is 18.2. The minimum Gasteiger partial charge on any atom is -0.361 e.